The summed E-state index contributed by atoms with van der Waals surface area (Å²) < 4.78 is 0. The first-order chi connectivity index (χ1) is 6.77. The quantitative estimate of drug-likeness (QED) is 0.767. The Morgan fingerprint density at radius 2 is 2.21 bits per heavy atom. The first kappa shape index (κ1) is 9.00. The second-order valence-corrected chi connectivity index (χ2v) is 3.61. The van der Waals surface area contributed by atoms with E-state index in [1.54, 1.807) is 6.20 Å². The first-order valence-electron chi connectivity index (χ1n) is 4.83. The lowest BCUT2D eigenvalue weighted by Gasteiger charge is -2.09. The van der Waals surface area contributed by atoms with Crippen LogP contribution >= 0.6 is 0 Å². The number of hydrogen-bond donors (Lipinski definition) is 1. The highest BCUT2D eigenvalue weighted by atomic mass is 14.9. The van der Waals surface area contributed by atoms with Crippen molar-refractivity contribution >= 4 is 0 Å². The van der Waals surface area contributed by atoms with Gasteiger partial charge in [0.05, 0.1) is 0 Å². The standard InChI is InChI=1S/C12H14N2/c1-9-4-3-5-11(8-9)10(2)12-13-6-7-14-12/h3-8,10H,1-2H3,(H,13,14)/t10-/m1/s1. The Hall–Kier alpha value is -1.57. The van der Waals surface area contributed by atoms with E-state index >= 15 is 0 Å². The molecule has 1 atom stereocenters. The lowest BCUT2D eigenvalue weighted by Crippen LogP contribution is -1.98. The van der Waals surface area contributed by atoms with Gasteiger partial charge in [-0.2, -0.15) is 0 Å². The van der Waals surface area contributed by atoms with Gasteiger partial charge in [-0.05, 0) is 12.5 Å². The van der Waals surface area contributed by atoms with Gasteiger partial charge in [-0.15, -0.1) is 0 Å². The smallest absolute Gasteiger partial charge is 0.113 e. The Morgan fingerprint density at radius 1 is 1.36 bits per heavy atom. The van der Waals surface area contributed by atoms with Crippen molar-refractivity contribution in [2.75, 3.05) is 0 Å². The van der Waals surface area contributed by atoms with Crippen molar-refractivity contribution in [3.8, 4) is 0 Å². The second-order valence-electron chi connectivity index (χ2n) is 3.61. The summed E-state index contributed by atoms with van der Waals surface area (Å²) in [5.74, 6) is 1.36. The van der Waals surface area contributed by atoms with Gasteiger partial charge in [0, 0.05) is 18.3 Å². The van der Waals surface area contributed by atoms with Gasteiger partial charge in [-0.1, -0.05) is 36.8 Å². The summed E-state index contributed by atoms with van der Waals surface area (Å²) in [6.07, 6.45) is 3.66. The molecule has 2 aromatic rings. The molecule has 0 aliphatic heterocycles. The number of hydrogen-bond acceptors (Lipinski definition) is 1. The summed E-state index contributed by atoms with van der Waals surface area (Å²) in [5, 5.41) is 0. The van der Waals surface area contributed by atoms with E-state index in [4.69, 9.17) is 0 Å². The lowest BCUT2D eigenvalue weighted by molar-refractivity contribution is 0.839. The molecule has 0 bridgehead atoms. The van der Waals surface area contributed by atoms with E-state index < -0.39 is 0 Å². The number of aryl methyl sites for hydroxylation is 1. The molecule has 2 heteroatoms. The van der Waals surface area contributed by atoms with Crippen LogP contribution in [0.5, 0.6) is 0 Å². The predicted molar refractivity (Wildman–Crippen MR) is 57.3 cm³/mol. The number of benzene rings is 1. The van der Waals surface area contributed by atoms with Crippen molar-refractivity contribution in [3.63, 3.8) is 0 Å². The molecule has 0 aliphatic rings. The molecule has 1 heterocycles. The molecule has 14 heavy (non-hydrogen) atoms. The SMILES string of the molecule is Cc1cccc([C@@H](C)c2ncc[nH]2)c1. The predicted octanol–water partition coefficient (Wildman–Crippen LogP) is 2.87. The van der Waals surface area contributed by atoms with Crippen LogP contribution in [0, 0.1) is 6.92 Å². The molecule has 0 saturated heterocycles. The topological polar surface area (TPSA) is 28.7 Å². The lowest BCUT2D eigenvalue weighted by atomic mass is 9.99. The van der Waals surface area contributed by atoms with Gasteiger partial charge in [0.25, 0.3) is 0 Å². The Labute approximate surface area is 84.0 Å². The van der Waals surface area contributed by atoms with E-state index in [-0.39, 0.29) is 0 Å². The Bertz CT molecular complexity index is 404. The van der Waals surface area contributed by atoms with Crippen LogP contribution in [0.2, 0.25) is 0 Å². The molecule has 0 amide bonds. The minimum absolute atomic E-state index is 0.338. The van der Waals surface area contributed by atoms with E-state index in [1.165, 1.54) is 11.1 Å². The molecule has 0 spiro atoms. The summed E-state index contributed by atoms with van der Waals surface area (Å²) in [4.78, 5) is 7.41. The monoisotopic (exact) mass is 186 g/mol. The first-order valence-corrected chi connectivity index (χ1v) is 4.83. The van der Waals surface area contributed by atoms with Crippen molar-refractivity contribution in [3.05, 3.63) is 53.6 Å². The van der Waals surface area contributed by atoms with E-state index in [9.17, 15) is 0 Å². The molecule has 2 rings (SSSR count). The molecule has 0 saturated carbocycles. The number of aromatic amines is 1. The van der Waals surface area contributed by atoms with Crippen molar-refractivity contribution in [2.24, 2.45) is 0 Å². The van der Waals surface area contributed by atoms with Crippen molar-refractivity contribution in [2.45, 2.75) is 19.8 Å². The zero-order chi connectivity index (χ0) is 9.97. The molecule has 0 unspecified atom stereocenters. The van der Waals surface area contributed by atoms with Crippen molar-refractivity contribution in [1.82, 2.24) is 9.97 Å². The van der Waals surface area contributed by atoms with Gasteiger partial charge in [-0.25, -0.2) is 4.98 Å². The van der Waals surface area contributed by atoms with Crippen LogP contribution in [0.1, 0.15) is 29.8 Å². The van der Waals surface area contributed by atoms with Gasteiger partial charge >= 0.3 is 0 Å². The Balaban J connectivity index is 2.32. The Morgan fingerprint density at radius 3 is 2.86 bits per heavy atom. The Kier molecular flexibility index (Phi) is 2.35. The van der Waals surface area contributed by atoms with Crippen molar-refractivity contribution in [1.29, 1.82) is 0 Å². The normalized spacial score (nSPS) is 12.7. The zero-order valence-corrected chi connectivity index (χ0v) is 8.49. The molecule has 2 nitrogen and oxygen atoms in total. The summed E-state index contributed by atoms with van der Waals surface area (Å²) >= 11 is 0. The van der Waals surface area contributed by atoms with Crippen LogP contribution in [-0.2, 0) is 0 Å². The van der Waals surface area contributed by atoms with Crippen molar-refractivity contribution < 1.29 is 0 Å². The van der Waals surface area contributed by atoms with Gasteiger partial charge in [0.15, 0.2) is 0 Å². The van der Waals surface area contributed by atoms with Gasteiger partial charge in [0.1, 0.15) is 5.82 Å². The second kappa shape index (κ2) is 3.66. The molecule has 1 N–H and O–H groups in total. The summed E-state index contributed by atoms with van der Waals surface area (Å²) in [7, 11) is 0. The largest absolute Gasteiger partial charge is 0.348 e. The highest BCUT2D eigenvalue weighted by molar-refractivity contribution is 5.28. The minimum Gasteiger partial charge on any atom is -0.348 e. The van der Waals surface area contributed by atoms with Gasteiger partial charge in [-0.3, -0.25) is 0 Å². The highest BCUT2D eigenvalue weighted by Gasteiger charge is 2.09. The van der Waals surface area contributed by atoms with Crippen LogP contribution in [-0.4, -0.2) is 9.97 Å². The number of nitrogens with zero attached hydrogens (tertiary/aromatic N) is 1. The minimum atomic E-state index is 0.338. The fourth-order valence-corrected chi connectivity index (χ4v) is 1.61. The molecular weight excluding hydrogens is 172 g/mol. The molecule has 1 aromatic carbocycles. The fourth-order valence-electron chi connectivity index (χ4n) is 1.61. The molecular formula is C12H14N2. The molecule has 0 radical (unpaired) electrons. The van der Waals surface area contributed by atoms with Crippen LogP contribution in [0.3, 0.4) is 0 Å². The number of nitrogens with one attached hydrogen (secondary N) is 1. The fraction of sp³-hybridized carbons (Fsp3) is 0.250. The highest BCUT2D eigenvalue weighted by Crippen LogP contribution is 2.21. The average molecular weight is 186 g/mol. The maximum Gasteiger partial charge on any atom is 0.113 e. The maximum absolute atomic E-state index is 4.27. The summed E-state index contributed by atoms with van der Waals surface area (Å²) in [6, 6.07) is 8.54. The third-order valence-corrected chi connectivity index (χ3v) is 2.47. The maximum atomic E-state index is 4.27. The zero-order valence-electron chi connectivity index (χ0n) is 8.49. The third-order valence-electron chi connectivity index (χ3n) is 2.47. The van der Waals surface area contributed by atoms with Crippen LogP contribution in [0.15, 0.2) is 36.7 Å². The van der Waals surface area contributed by atoms with Crippen LogP contribution in [0.4, 0.5) is 0 Å². The molecule has 72 valence electrons. The van der Waals surface area contributed by atoms with E-state index in [0.717, 1.165) is 5.82 Å². The van der Waals surface area contributed by atoms with Gasteiger partial charge in [0.2, 0.25) is 0 Å². The molecule has 0 aliphatic carbocycles. The summed E-state index contributed by atoms with van der Waals surface area (Å²) in [5.41, 5.74) is 2.60. The average Bonchev–Trinajstić information content (AvgIpc) is 2.69. The van der Waals surface area contributed by atoms with Crippen LogP contribution < -0.4 is 0 Å². The van der Waals surface area contributed by atoms with Gasteiger partial charge < -0.3 is 4.98 Å². The number of H-pyrrole nitrogens is 1. The molecule has 0 fully saturated rings. The number of aromatic nitrogens is 2. The number of imidazole rings is 1. The third kappa shape index (κ3) is 1.69. The van der Waals surface area contributed by atoms with Crippen LogP contribution in [0.25, 0.3) is 0 Å². The number of rotatable bonds is 2. The summed E-state index contributed by atoms with van der Waals surface area (Å²) in [6.45, 7) is 4.27. The van der Waals surface area contributed by atoms with E-state index in [1.807, 2.05) is 6.20 Å². The molecule has 1 aromatic heterocycles. The van der Waals surface area contributed by atoms with E-state index in [2.05, 4.69) is 48.1 Å². The van der Waals surface area contributed by atoms with E-state index in [0.29, 0.717) is 5.92 Å².